The molecule has 0 aliphatic carbocycles. The fraction of sp³-hybridized carbons (Fsp3) is 0.0455. The Balaban J connectivity index is 1.80. The lowest BCUT2D eigenvalue weighted by Crippen LogP contribution is -2.02. The van der Waals surface area contributed by atoms with E-state index in [-0.39, 0.29) is 0 Å². The number of nitrogens with zero attached hydrogens (tertiary/aromatic N) is 2. The highest BCUT2D eigenvalue weighted by Crippen LogP contribution is 2.17. The highest BCUT2D eigenvalue weighted by Gasteiger charge is 2.08. The molecule has 0 saturated heterocycles. The van der Waals surface area contributed by atoms with Crippen LogP contribution in [0, 0.1) is 11.8 Å². The van der Waals surface area contributed by atoms with Crippen molar-refractivity contribution in [3.8, 4) is 11.8 Å². The van der Waals surface area contributed by atoms with Gasteiger partial charge in [0.05, 0.1) is 17.6 Å². The Morgan fingerprint density at radius 3 is 2.17 bits per heavy atom. The molecule has 1 heterocycles. The molecule has 0 unspecified atom stereocenters. The van der Waals surface area contributed by atoms with Gasteiger partial charge in [-0.05, 0) is 35.7 Å². The summed E-state index contributed by atoms with van der Waals surface area (Å²) in [5.74, 6) is 7.25. The second kappa shape index (κ2) is 6.44. The van der Waals surface area contributed by atoms with Crippen LogP contribution < -0.4 is 0 Å². The molecular weight excluding hydrogens is 292 g/mol. The number of aromatic nitrogens is 2. The highest BCUT2D eigenvalue weighted by molar-refractivity contribution is 5.77. The van der Waals surface area contributed by atoms with Gasteiger partial charge in [0, 0.05) is 5.56 Å². The number of benzene rings is 3. The van der Waals surface area contributed by atoms with Crippen molar-refractivity contribution in [1.29, 1.82) is 0 Å². The highest BCUT2D eigenvalue weighted by atomic mass is 15.1. The number of hydrogen-bond acceptors (Lipinski definition) is 1. The Morgan fingerprint density at radius 2 is 1.38 bits per heavy atom. The SMILES string of the molecule is C(#Cc1nc2ccccc2n1Cc1ccccc1)c1ccccc1. The van der Waals surface area contributed by atoms with Gasteiger partial charge in [-0.25, -0.2) is 4.98 Å². The number of para-hydroxylation sites is 2. The molecule has 0 atom stereocenters. The minimum Gasteiger partial charge on any atom is -0.313 e. The average Bonchev–Trinajstić information content (AvgIpc) is 2.99. The largest absolute Gasteiger partial charge is 0.313 e. The zero-order valence-electron chi connectivity index (χ0n) is 13.2. The lowest BCUT2D eigenvalue weighted by molar-refractivity contribution is 0.810. The van der Waals surface area contributed by atoms with Gasteiger partial charge in [0.25, 0.3) is 0 Å². The predicted octanol–water partition coefficient (Wildman–Crippen LogP) is 4.48. The zero-order chi connectivity index (χ0) is 16.2. The van der Waals surface area contributed by atoms with E-state index in [0.717, 1.165) is 29.0 Å². The third kappa shape index (κ3) is 2.93. The average molecular weight is 308 g/mol. The third-order valence-electron chi connectivity index (χ3n) is 3.93. The van der Waals surface area contributed by atoms with Crippen molar-refractivity contribution in [1.82, 2.24) is 9.55 Å². The Kier molecular flexibility index (Phi) is 3.83. The van der Waals surface area contributed by atoms with Gasteiger partial charge in [-0.15, -0.1) is 0 Å². The number of imidazole rings is 1. The molecule has 0 aliphatic heterocycles. The van der Waals surface area contributed by atoms with Crippen LogP contribution in [0.1, 0.15) is 17.0 Å². The van der Waals surface area contributed by atoms with Gasteiger partial charge in [0.15, 0.2) is 5.82 Å². The fourth-order valence-corrected chi connectivity index (χ4v) is 2.75. The van der Waals surface area contributed by atoms with Crippen molar-refractivity contribution in [2.75, 3.05) is 0 Å². The van der Waals surface area contributed by atoms with Gasteiger partial charge in [0.2, 0.25) is 0 Å². The Bertz CT molecular complexity index is 1020. The van der Waals surface area contributed by atoms with Crippen molar-refractivity contribution in [2.24, 2.45) is 0 Å². The van der Waals surface area contributed by atoms with E-state index in [1.165, 1.54) is 5.56 Å². The van der Waals surface area contributed by atoms with Crippen molar-refractivity contribution in [3.63, 3.8) is 0 Å². The van der Waals surface area contributed by atoms with Gasteiger partial charge in [-0.2, -0.15) is 0 Å². The first-order chi connectivity index (χ1) is 11.9. The molecule has 0 aliphatic rings. The number of rotatable bonds is 2. The monoisotopic (exact) mass is 308 g/mol. The number of fused-ring (bicyclic) bond motifs is 1. The van der Waals surface area contributed by atoms with Crippen molar-refractivity contribution < 1.29 is 0 Å². The van der Waals surface area contributed by atoms with E-state index >= 15 is 0 Å². The van der Waals surface area contributed by atoms with Gasteiger partial charge in [0.1, 0.15) is 0 Å². The summed E-state index contributed by atoms with van der Waals surface area (Å²) in [6, 6.07) is 28.6. The van der Waals surface area contributed by atoms with E-state index in [0.29, 0.717) is 0 Å². The summed E-state index contributed by atoms with van der Waals surface area (Å²) < 4.78 is 2.18. The molecule has 2 nitrogen and oxygen atoms in total. The lowest BCUT2D eigenvalue weighted by atomic mass is 10.2. The van der Waals surface area contributed by atoms with E-state index < -0.39 is 0 Å². The second-order valence-electron chi connectivity index (χ2n) is 5.61. The third-order valence-corrected chi connectivity index (χ3v) is 3.93. The van der Waals surface area contributed by atoms with Gasteiger partial charge >= 0.3 is 0 Å². The van der Waals surface area contributed by atoms with E-state index in [1.54, 1.807) is 0 Å². The molecule has 0 spiro atoms. The molecule has 0 amide bonds. The molecule has 4 rings (SSSR count). The summed E-state index contributed by atoms with van der Waals surface area (Å²) in [6.07, 6.45) is 0. The van der Waals surface area contributed by atoms with Gasteiger partial charge in [-0.1, -0.05) is 66.6 Å². The summed E-state index contributed by atoms with van der Waals surface area (Å²) in [5.41, 5.74) is 4.32. The van der Waals surface area contributed by atoms with Crippen LogP contribution in [-0.2, 0) is 6.54 Å². The Hall–Kier alpha value is -3.31. The van der Waals surface area contributed by atoms with E-state index in [4.69, 9.17) is 4.98 Å². The van der Waals surface area contributed by atoms with Crippen LogP contribution in [0.15, 0.2) is 84.9 Å². The molecule has 0 bridgehead atoms. The quantitative estimate of drug-likeness (QED) is 0.499. The zero-order valence-corrected chi connectivity index (χ0v) is 13.2. The molecule has 0 radical (unpaired) electrons. The molecule has 114 valence electrons. The van der Waals surface area contributed by atoms with Gasteiger partial charge in [-0.3, -0.25) is 0 Å². The summed E-state index contributed by atoms with van der Waals surface area (Å²) in [7, 11) is 0. The maximum absolute atomic E-state index is 4.71. The molecule has 4 aromatic rings. The molecule has 1 aromatic heterocycles. The summed E-state index contributed by atoms with van der Waals surface area (Å²) in [6.45, 7) is 0.764. The van der Waals surface area contributed by atoms with Crippen molar-refractivity contribution >= 4 is 11.0 Å². The van der Waals surface area contributed by atoms with Crippen LogP contribution in [0.2, 0.25) is 0 Å². The normalized spacial score (nSPS) is 10.3. The van der Waals surface area contributed by atoms with Crippen LogP contribution in [-0.4, -0.2) is 9.55 Å². The molecule has 0 saturated carbocycles. The summed E-state index contributed by atoms with van der Waals surface area (Å²) in [4.78, 5) is 4.71. The first-order valence-corrected chi connectivity index (χ1v) is 7.96. The molecule has 0 fully saturated rings. The van der Waals surface area contributed by atoms with E-state index in [1.807, 2.05) is 54.6 Å². The molecule has 24 heavy (non-hydrogen) atoms. The topological polar surface area (TPSA) is 17.8 Å². The van der Waals surface area contributed by atoms with E-state index in [2.05, 4.69) is 46.7 Å². The van der Waals surface area contributed by atoms with Crippen LogP contribution in [0.5, 0.6) is 0 Å². The predicted molar refractivity (Wildman–Crippen MR) is 97.7 cm³/mol. The standard InChI is InChI=1S/C22H16N2/c1-3-9-18(10-4-1)15-16-22-23-20-13-7-8-14-21(20)24(22)17-19-11-5-2-6-12-19/h1-14H,17H2. The fourth-order valence-electron chi connectivity index (χ4n) is 2.75. The molecule has 3 aromatic carbocycles. The minimum absolute atomic E-state index is 0.764. The first kappa shape index (κ1) is 14.3. The summed E-state index contributed by atoms with van der Waals surface area (Å²) in [5, 5.41) is 0. The Labute approximate surface area is 141 Å². The van der Waals surface area contributed by atoms with Crippen molar-refractivity contribution in [3.05, 3.63) is 102 Å². The van der Waals surface area contributed by atoms with Crippen molar-refractivity contribution in [2.45, 2.75) is 6.54 Å². The molecule has 2 heteroatoms. The smallest absolute Gasteiger partial charge is 0.187 e. The van der Waals surface area contributed by atoms with Gasteiger partial charge < -0.3 is 4.57 Å². The lowest BCUT2D eigenvalue weighted by Gasteiger charge is -2.06. The molecular formula is C22H16N2. The molecule has 0 N–H and O–H groups in total. The van der Waals surface area contributed by atoms with Crippen LogP contribution in [0.3, 0.4) is 0 Å². The van der Waals surface area contributed by atoms with Crippen LogP contribution in [0.25, 0.3) is 11.0 Å². The maximum Gasteiger partial charge on any atom is 0.187 e. The summed E-state index contributed by atoms with van der Waals surface area (Å²) >= 11 is 0. The number of hydrogen-bond donors (Lipinski definition) is 0. The second-order valence-corrected chi connectivity index (χ2v) is 5.61. The minimum atomic E-state index is 0.764. The van der Waals surface area contributed by atoms with Crippen LogP contribution in [0.4, 0.5) is 0 Å². The van der Waals surface area contributed by atoms with Crippen LogP contribution >= 0.6 is 0 Å². The van der Waals surface area contributed by atoms with E-state index in [9.17, 15) is 0 Å². The maximum atomic E-state index is 4.71. The first-order valence-electron chi connectivity index (χ1n) is 7.96. The Morgan fingerprint density at radius 1 is 0.708 bits per heavy atom.